The smallest absolute Gasteiger partial charge is 0.308 e. The molecule has 2 aliphatic carbocycles. The Labute approximate surface area is 107 Å². The number of carbonyl (C=O) groups is 2. The lowest BCUT2D eigenvalue weighted by molar-refractivity contribution is -0.144. The number of aliphatic carboxylic acids is 1. The van der Waals surface area contributed by atoms with Gasteiger partial charge in [0.25, 0.3) is 0 Å². The second-order valence-corrected chi connectivity index (χ2v) is 5.48. The van der Waals surface area contributed by atoms with E-state index >= 15 is 0 Å². The van der Waals surface area contributed by atoms with Crippen molar-refractivity contribution in [2.45, 2.75) is 38.6 Å². The number of carboxylic acid groups (broad SMARTS) is 1. The lowest BCUT2D eigenvalue weighted by Crippen LogP contribution is -2.40. The summed E-state index contributed by atoms with van der Waals surface area (Å²) in [7, 11) is 0. The van der Waals surface area contributed by atoms with Crippen LogP contribution in [-0.4, -0.2) is 47.7 Å². The minimum Gasteiger partial charge on any atom is -0.481 e. The van der Waals surface area contributed by atoms with Crippen LogP contribution in [0.4, 0.5) is 0 Å². The van der Waals surface area contributed by atoms with E-state index in [4.69, 9.17) is 9.84 Å². The highest BCUT2D eigenvalue weighted by Crippen LogP contribution is 2.29. The lowest BCUT2D eigenvalue weighted by atomic mass is 10.1. The Morgan fingerprint density at radius 1 is 1.33 bits per heavy atom. The largest absolute Gasteiger partial charge is 0.481 e. The van der Waals surface area contributed by atoms with Crippen LogP contribution in [0.3, 0.4) is 0 Å². The molecule has 1 unspecified atom stereocenters. The summed E-state index contributed by atoms with van der Waals surface area (Å²) in [5, 5.41) is 8.90. The molecule has 2 aliphatic rings. The minimum atomic E-state index is -0.854. The summed E-state index contributed by atoms with van der Waals surface area (Å²) in [5.74, 6) is -0.790. The van der Waals surface area contributed by atoms with Crippen LogP contribution >= 0.6 is 0 Å². The maximum absolute atomic E-state index is 12.0. The number of amides is 1. The van der Waals surface area contributed by atoms with Gasteiger partial charge < -0.3 is 14.7 Å². The Hall–Kier alpha value is -1.10. The molecule has 18 heavy (non-hydrogen) atoms. The molecule has 0 saturated heterocycles. The van der Waals surface area contributed by atoms with Crippen molar-refractivity contribution in [2.24, 2.45) is 11.8 Å². The van der Waals surface area contributed by atoms with Crippen LogP contribution in [0.25, 0.3) is 0 Å². The van der Waals surface area contributed by atoms with Crippen molar-refractivity contribution < 1.29 is 19.4 Å². The van der Waals surface area contributed by atoms with Crippen molar-refractivity contribution in [1.82, 2.24) is 4.90 Å². The quantitative estimate of drug-likeness (QED) is 0.706. The molecule has 1 amide bonds. The average Bonchev–Trinajstić information content (AvgIpc) is 3.16. The first-order valence-electron chi connectivity index (χ1n) is 6.68. The number of carboxylic acids is 1. The first kappa shape index (κ1) is 13.3. The van der Waals surface area contributed by atoms with Crippen LogP contribution in [0.5, 0.6) is 0 Å². The Morgan fingerprint density at radius 3 is 2.50 bits per heavy atom. The first-order chi connectivity index (χ1) is 8.58. The molecule has 2 fully saturated rings. The Morgan fingerprint density at radius 2 is 2.00 bits per heavy atom. The number of hydrogen-bond donors (Lipinski definition) is 1. The van der Waals surface area contributed by atoms with Gasteiger partial charge in [-0.2, -0.15) is 0 Å². The van der Waals surface area contributed by atoms with E-state index in [1.54, 1.807) is 11.8 Å². The van der Waals surface area contributed by atoms with Crippen LogP contribution in [0, 0.1) is 11.8 Å². The molecule has 5 nitrogen and oxygen atoms in total. The van der Waals surface area contributed by atoms with Crippen molar-refractivity contribution in [2.75, 3.05) is 19.8 Å². The summed E-state index contributed by atoms with van der Waals surface area (Å²) >= 11 is 0. The van der Waals surface area contributed by atoms with Crippen LogP contribution in [0.15, 0.2) is 0 Å². The molecule has 102 valence electrons. The fourth-order valence-corrected chi connectivity index (χ4v) is 1.89. The van der Waals surface area contributed by atoms with Crippen molar-refractivity contribution in [3.8, 4) is 0 Å². The highest BCUT2D eigenvalue weighted by atomic mass is 16.5. The van der Waals surface area contributed by atoms with Gasteiger partial charge in [0.1, 0.15) is 6.61 Å². The van der Waals surface area contributed by atoms with Crippen LogP contribution < -0.4 is 0 Å². The van der Waals surface area contributed by atoms with Crippen LogP contribution in [0.1, 0.15) is 32.6 Å². The van der Waals surface area contributed by atoms with Gasteiger partial charge in [0.05, 0.1) is 12.5 Å². The molecule has 0 aromatic rings. The number of carbonyl (C=O) groups excluding carboxylic acids is 1. The summed E-state index contributed by atoms with van der Waals surface area (Å²) in [6.45, 7) is 2.69. The molecule has 0 aliphatic heterocycles. The predicted molar refractivity (Wildman–Crippen MR) is 65.1 cm³/mol. The van der Waals surface area contributed by atoms with Crippen molar-refractivity contribution in [3.63, 3.8) is 0 Å². The molecule has 1 N–H and O–H groups in total. The van der Waals surface area contributed by atoms with E-state index in [2.05, 4.69) is 0 Å². The van der Waals surface area contributed by atoms with Gasteiger partial charge in [-0.25, -0.2) is 0 Å². The van der Waals surface area contributed by atoms with Gasteiger partial charge in [-0.3, -0.25) is 9.59 Å². The number of hydrogen-bond acceptors (Lipinski definition) is 3. The maximum Gasteiger partial charge on any atom is 0.308 e. The fraction of sp³-hybridized carbons (Fsp3) is 0.846. The molecule has 2 saturated carbocycles. The summed E-state index contributed by atoms with van der Waals surface area (Å²) in [4.78, 5) is 24.5. The molecular formula is C13H21NO4. The van der Waals surface area contributed by atoms with Gasteiger partial charge >= 0.3 is 5.97 Å². The molecule has 0 aromatic heterocycles. The monoisotopic (exact) mass is 255 g/mol. The fourth-order valence-electron chi connectivity index (χ4n) is 1.89. The van der Waals surface area contributed by atoms with Crippen molar-refractivity contribution in [1.29, 1.82) is 0 Å². The third-order valence-electron chi connectivity index (χ3n) is 3.48. The van der Waals surface area contributed by atoms with Crippen molar-refractivity contribution in [3.05, 3.63) is 0 Å². The number of ether oxygens (including phenoxy) is 1. The van der Waals surface area contributed by atoms with E-state index in [-0.39, 0.29) is 18.6 Å². The highest BCUT2D eigenvalue weighted by molar-refractivity contribution is 5.79. The molecule has 5 heteroatoms. The Balaban J connectivity index is 1.76. The average molecular weight is 255 g/mol. The third kappa shape index (κ3) is 3.98. The minimum absolute atomic E-state index is 0.0637. The van der Waals surface area contributed by atoms with Crippen LogP contribution in [-0.2, 0) is 14.3 Å². The summed E-state index contributed by atoms with van der Waals surface area (Å²) in [5.41, 5.74) is 0. The van der Waals surface area contributed by atoms with Gasteiger partial charge in [-0.05, 0) is 31.6 Å². The molecule has 0 radical (unpaired) electrons. The highest BCUT2D eigenvalue weighted by Gasteiger charge is 2.34. The van der Waals surface area contributed by atoms with Gasteiger partial charge in [0, 0.05) is 12.6 Å². The van der Waals surface area contributed by atoms with E-state index in [0.717, 1.165) is 12.8 Å². The Kier molecular flexibility index (Phi) is 4.22. The van der Waals surface area contributed by atoms with Gasteiger partial charge in [-0.1, -0.05) is 6.92 Å². The first-order valence-corrected chi connectivity index (χ1v) is 6.68. The summed E-state index contributed by atoms with van der Waals surface area (Å²) < 4.78 is 5.38. The van der Waals surface area contributed by atoms with Gasteiger partial charge in [0.15, 0.2) is 0 Å². The number of nitrogens with zero attached hydrogens (tertiary/aromatic N) is 1. The maximum atomic E-state index is 12.0. The molecular weight excluding hydrogens is 234 g/mol. The molecule has 2 rings (SSSR count). The number of rotatable bonds is 8. The summed E-state index contributed by atoms with van der Waals surface area (Å²) in [6, 6.07) is 0.240. The molecule has 0 spiro atoms. The molecule has 0 heterocycles. The standard InChI is InChI=1S/C13H21NO4/c1-9(13(16)17)6-14(11-4-5-11)12(15)8-18-7-10-2-3-10/h9-11H,2-8H2,1H3,(H,16,17). The second-order valence-electron chi connectivity index (χ2n) is 5.48. The molecule has 0 bridgehead atoms. The van der Waals surface area contributed by atoms with Crippen molar-refractivity contribution >= 4 is 11.9 Å². The van der Waals surface area contributed by atoms with E-state index in [0.29, 0.717) is 19.1 Å². The Bertz CT molecular complexity index is 323. The summed E-state index contributed by atoms with van der Waals surface area (Å²) in [6.07, 6.45) is 4.38. The van der Waals surface area contributed by atoms with E-state index in [1.807, 2.05) is 0 Å². The lowest BCUT2D eigenvalue weighted by Gasteiger charge is -2.24. The zero-order valence-corrected chi connectivity index (χ0v) is 10.8. The van der Waals surface area contributed by atoms with Crippen LogP contribution in [0.2, 0.25) is 0 Å². The second kappa shape index (κ2) is 5.69. The SMILES string of the molecule is CC(CN(C(=O)COCC1CC1)C1CC1)C(=O)O. The van der Waals surface area contributed by atoms with E-state index in [1.165, 1.54) is 12.8 Å². The molecule has 1 atom stereocenters. The predicted octanol–water partition coefficient (Wildman–Crippen LogP) is 1.12. The van der Waals surface area contributed by atoms with Gasteiger partial charge in [-0.15, -0.1) is 0 Å². The van der Waals surface area contributed by atoms with E-state index in [9.17, 15) is 9.59 Å². The zero-order chi connectivity index (χ0) is 13.1. The third-order valence-corrected chi connectivity index (χ3v) is 3.48. The topological polar surface area (TPSA) is 66.8 Å². The molecule has 0 aromatic carbocycles. The zero-order valence-electron chi connectivity index (χ0n) is 10.8. The normalized spacial score (nSPS) is 20.5. The van der Waals surface area contributed by atoms with E-state index < -0.39 is 11.9 Å². The van der Waals surface area contributed by atoms with Gasteiger partial charge in [0.2, 0.25) is 5.91 Å².